The first-order valence-electron chi connectivity index (χ1n) is 4.91. The van der Waals surface area contributed by atoms with Gasteiger partial charge in [0.2, 0.25) is 12.3 Å². The molecular weight excluding hydrogens is 264 g/mol. The summed E-state index contributed by atoms with van der Waals surface area (Å²) in [6, 6.07) is 0.933. The van der Waals surface area contributed by atoms with Crippen LogP contribution in [0.4, 0.5) is 5.69 Å². The number of nitrogens with zero attached hydrogens (tertiary/aromatic N) is 1. The Morgan fingerprint density at radius 1 is 1.50 bits per heavy atom. The van der Waals surface area contributed by atoms with Crippen LogP contribution in [0.5, 0.6) is 5.88 Å². The molecule has 1 rings (SSSR count). The van der Waals surface area contributed by atoms with E-state index >= 15 is 0 Å². The molecule has 0 aliphatic heterocycles. The largest absolute Gasteiger partial charge is 0.493 e. The summed E-state index contributed by atoms with van der Waals surface area (Å²) in [5.41, 5.74) is -1.04. The molecule has 0 bridgehead atoms. The van der Waals surface area contributed by atoms with Gasteiger partial charge in [-0.1, -0.05) is 0 Å². The van der Waals surface area contributed by atoms with E-state index in [2.05, 4.69) is 5.32 Å². The quantitative estimate of drug-likeness (QED) is 0.493. The number of pyridine rings is 1. The number of nitrogens with one attached hydrogen (secondary N) is 1. The van der Waals surface area contributed by atoms with E-state index in [1.165, 1.54) is 0 Å². The van der Waals surface area contributed by atoms with Gasteiger partial charge in [0.05, 0.1) is 0 Å². The van der Waals surface area contributed by atoms with E-state index in [-0.39, 0.29) is 24.2 Å². The van der Waals surface area contributed by atoms with Gasteiger partial charge in [0.25, 0.3) is 15.7 Å². The molecule has 0 saturated carbocycles. The molecular formula is C9H12N2O6S. The minimum absolute atomic E-state index is 0.143. The van der Waals surface area contributed by atoms with Crippen molar-refractivity contribution in [3.05, 3.63) is 22.0 Å². The van der Waals surface area contributed by atoms with E-state index in [1.54, 1.807) is 6.92 Å². The average Bonchev–Trinajstić information content (AvgIpc) is 2.22. The minimum Gasteiger partial charge on any atom is -0.493 e. The zero-order valence-electron chi connectivity index (χ0n) is 9.45. The third-order valence-electron chi connectivity index (χ3n) is 2.22. The van der Waals surface area contributed by atoms with Crippen LogP contribution in [0.2, 0.25) is 0 Å². The molecule has 0 saturated heterocycles. The molecule has 1 aromatic heterocycles. The highest BCUT2D eigenvalue weighted by Crippen LogP contribution is 2.26. The van der Waals surface area contributed by atoms with Crippen LogP contribution in [-0.2, 0) is 27.2 Å². The number of anilines is 1. The van der Waals surface area contributed by atoms with Crippen molar-refractivity contribution in [2.24, 2.45) is 0 Å². The molecule has 9 heteroatoms. The number of rotatable bonds is 5. The molecule has 100 valence electrons. The summed E-state index contributed by atoms with van der Waals surface area (Å²) in [7, 11) is -4.39. The SMILES string of the molecule is CCn1c(O)c(NC=O)c(CS(=O)(=O)O)cc1=O. The maximum atomic E-state index is 11.5. The number of aromatic hydroxyl groups is 1. The lowest BCUT2D eigenvalue weighted by molar-refractivity contribution is -0.105. The number of carbonyl (C=O) groups excluding carboxylic acids is 1. The monoisotopic (exact) mass is 276 g/mol. The van der Waals surface area contributed by atoms with Gasteiger partial charge in [-0.15, -0.1) is 0 Å². The molecule has 0 fully saturated rings. The zero-order valence-corrected chi connectivity index (χ0v) is 10.3. The highest BCUT2D eigenvalue weighted by atomic mass is 32.2. The van der Waals surface area contributed by atoms with Gasteiger partial charge >= 0.3 is 0 Å². The number of amides is 1. The summed E-state index contributed by atoms with van der Waals surface area (Å²) in [5.74, 6) is -1.44. The topological polar surface area (TPSA) is 126 Å². The lowest BCUT2D eigenvalue weighted by Crippen LogP contribution is -2.21. The Bertz CT molecular complexity index is 619. The predicted octanol–water partition coefficient (Wildman–Crippen LogP) is -0.470. The van der Waals surface area contributed by atoms with Crippen LogP contribution in [0.15, 0.2) is 10.9 Å². The molecule has 0 radical (unpaired) electrons. The Kier molecular flexibility index (Phi) is 4.09. The van der Waals surface area contributed by atoms with E-state index in [9.17, 15) is 23.1 Å². The first kappa shape index (κ1) is 14.2. The Morgan fingerprint density at radius 3 is 2.56 bits per heavy atom. The fourth-order valence-electron chi connectivity index (χ4n) is 1.51. The van der Waals surface area contributed by atoms with Gasteiger partial charge in [0.15, 0.2) is 0 Å². The van der Waals surface area contributed by atoms with Crippen LogP contribution < -0.4 is 10.9 Å². The van der Waals surface area contributed by atoms with E-state index < -0.39 is 27.3 Å². The van der Waals surface area contributed by atoms with Crippen molar-refractivity contribution in [1.82, 2.24) is 4.57 Å². The molecule has 0 aromatic carbocycles. The number of carbonyl (C=O) groups is 1. The smallest absolute Gasteiger partial charge is 0.269 e. The molecule has 1 heterocycles. The summed E-state index contributed by atoms with van der Waals surface area (Å²) < 4.78 is 31.2. The van der Waals surface area contributed by atoms with Crippen LogP contribution in [0.3, 0.4) is 0 Å². The van der Waals surface area contributed by atoms with E-state index in [0.717, 1.165) is 10.6 Å². The van der Waals surface area contributed by atoms with Crippen molar-refractivity contribution in [3.63, 3.8) is 0 Å². The highest BCUT2D eigenvalue weighted by Gasteiger charge is 2.18. The average molecular weight is 276 g/mol. The number of aromatic nitrogens is 1. The maximum Gasteiger partial charge on any atom is 0.269 e. The summed E-state index contributed by atoms with van der Waals surface area (Å²) in [5, 5.41) is 11.8. The Labute approximate surface area is 103 Å². The lowest BCUT2D eigenvalue weighted by Gasteiger charge is -2.13. The highest BCUT2D eigenvalue weighted by molar-refractivity contribution is 7.85. The molecule has 0 atom stereocenters. The van der Waals surface area contributed by atoms with Crippen molar-refractivity contribution in [1.29, 1.82) is 0 Å². The summed E-state index contributed by atoms with van der Waals surface area (Å²) in [6.45, 7) is 1.73. The predicted molar refractivity (Wildman–Crippen MR) is 63.0 cm³/mol. The summed E-state index contributed by atoms with van der Waals surface area (Å²) >= 11 is 0. The van der Waals surface area contributed by atoms with Crippen molar-refractivity contribution in [2.75, 3.05) is 5.32 Å². The third kappa shape index (κ3) is 3.08. The second-order valence-electron chi connectivity index (χ2n) is 3.44. The van der Waals surface area contributed by atoms with Crippen molar-refractivity contribution in [3.8, 4) is 5.88 Å². The second kappa shape index (κ2) is 5.19. The Hall–Kier alpha value is -1.87. The van der Waals surface area contributed by atoms with Gasteiger partial charge in [0.1, 0.15) is 11.4 Å². The zero-order chi connectivity index (χ0) is 13.9. The molecule has 0 aliphatic carbocycles. The molecule has 8 nitrogen and oxygen atoms in total. The molecule has 0 unspecified atom stereocenters. The normalized spacial score (nSPS) is 11.2. The van der Waals surface area contributed by atoms with E-state index in [0.29, 0.717) is 0 Å². The van der Waals surface area contributed by atoms with Gasteiger partial charge in [-0.05, 0) is 6.92 Å². The van der Waals surface area contributed by atoms with Crippen LogP contribution in [0.25, 0.3) is 0 Å². The maximum absolute atomic E-state index is 11.5. The molecule has 1 aromatic rings. The van der Waals surface area contributed by atoms with Crippen molar-refractivity contribution in [2.45, 2.75) is 19.2 Å². The molecule has 18 heavy (non-hydrogen) atoms. The van der Waals surface area contributed by atoms with Gasteiger partial charge in [-0.3, -0.25) is 18.7 Å². The van der Waals surface area contributed by atoms with Crippen LogP contribution in [0.1, 0.15) is 12.5 Å². The molecule has 3 N–H and O–H groups in total. The Morgan fingerprint density at radius 2 is 2.11 bits per heavy atom. The van der Waals surface area contributed by atoms with Gasteiger partial charge in [-0.25, -0.2) is 0 Å². The first-order chi connectivity index (χ1) is 8.30. The fourth-order valence-corrected chi connectivity index (χ4v) is 2.13. The fraction of sp³-hybridized carbons (Fsp3) is 0.333. The molecule has 0 aliphatic rings. The van der Waals surface area contributed by atoms with Crippen LogP contribution in [0, 0.1) is 0 Å². The van der Waals surface area contributed by atoms with Crippen molar-refractivity contribution >= 4 is 22.2 Å². The van der Waals surface area contributed by atoms with Gasteiger partial charge in [-0.2, -0.15) is 8.42 Å². The van der Waals surface area contributed by atoms with Crippen LogP contribution in [-0.4, -0.2) is 29.1 Å². The molecule has 1 amide bonds. The summed E-state index contributed by atoms with van der Waals surface area (Å²) in [6.07, 6.45) is 0.229. The number of hydrogen-bond donors (Lipinski definition) is 3. The van der Waals surface area contributed by atoms with Gasteiger partial charge in [0, 0.05) is 18.2 Å². The Balaban J connectivity index is 3.50. The molecule has 0 spiro atoms. The number of hydrogen-bond acceptors (Lipinski definition) is 5. The first-order valence-corrected chi connectivity index (χ1v) is 6.52. The third-order valence-corrected chi connectivity index (χ3v) is 2.90. The standard InChI is InChI=1S/C9H12N2O6S/c1-2-11-7(13)3-6(4-18(15,16)17)8(9(11)14)10-5-12/h3,5,14H,2,4H2,1H3,(H,10,12)(H,15,16,17). The van der Waals surface area contributed by atoms with E-state index in [4.69, 9.17) is 4.55 Å². The summed E-state index contributed by atoms with van der Waals surface area (Å²) in [4.78, 5) is 22.0. The second-order valence-corrected chi connectivity index (χ2v) is 4.89. The van der Waals surface area contributed by atoms with Gasteiger partial charge < -0.3 is 10.4 Å². The van der Waals surface area contributed by atoms with Crippen molar-refractivity contribution < 1.29 is 22.9 Å². The lowest BCUT2D eigenvalue weighted by atomic mass is 10.2. The van der Waals surface area contributed by atoms with E-state index in [1.807, 2.05) is 0 Å². The minimum atomic E-state index is -4.39. The van der Waals surface area contributed by atoms with Crippen LogP contribution >= 0.6 is 0 Å².